The Bertz CT molecular complexity index is 1170. The van der Waals surface area contributed by atoms with Gasteiger partial charge >= 0.3 is 5.97 Å². The molecule has 0 atom stereocenters. The number of nitrogens with one attached hydrogen (secondary N) is 1. The molecule has 1 aromatic carbocycles. The van der Waals surface area contributed by atoms with Crippen LogP contribution in [0.1, 0.15) is 16.1 Å². The lowest BCUT2D eigenvalue weighted by Gasteiger charge is -2.09. The zero-order valence-corrected chi connectivity index (χ0v) is 15.9. The summed E-state index contributed by atoms with van der Waals surface area (Å²) in [6.07, 6.45) is 1.37. The number of sulfonamides is 1. The number of carbonyl (C=O) groups excluding carboxylic acids is 1. The summed E-state index contributed by atoms with van der Waals surface area (Å²) < 4.78 is 33.2. The number of aryl methyl sites for hydroxylation is 1. The molecule has 0 fully saturated rings. The first-order valence-electron chi connectivity index (χ1n) is 8.10. The quantitative estimate of drug-likeness (QED) is 0.639. The Morgan fingerprint density at radius 1 is 1.21 bits per heavy atom. The molecule has 0 unspecified atom stereocenters. The van der Waals surface area contributed by atoms with Crippen LogP contribution in [0.25, 0.3) is 10.9 Å². The van der Waals surface area contributed by atoms with E-state index in [9.17, 15) is 23.1 Å². The van der Waals surface area contributed by atoms with Crippen LogP contribution in [-0.2, 0) is 21.4 Å². The predicted molar refractivity (Wildman–Crippen MR) is 99.8 cm³/mol. The Hall–Kier alpha value is -3.40. The maximum atomic E-state index is 12.7. The standard InChI is InChI=1S/C18H17N3O6S/c1-11-3-6-16(19-9-11)28(25,26)20-18(24)15-8-12-7-13(27-2)4-5-14(12)21(15)10-17(22)23/h3-9H,10H2,1-2H3,(H,20,24)(H,22,23). The molecule has 0 saturated carbocycles. The average Bonchev–Trinajstić information content (AvgIpc) is 2.99. The highest BCUT2D eigenvalue weighted by molar-refractivity contribution is 7.90. The average molecular weight is 403 g/mol. The molecular formula is C18H17N3O6S. The number of amides is 1. The van der Waals surface area contributed by atoms with E-state index in [2.05, 4.69) is 4.98 Å². The fourth-order valence-electron chi connectivity index (χ4n) is 2.71. The van der Waals surface area contributed by atoms with E-state index in [1.165, 1.54) is 30.0 Å². The van der Waals surface area contributed by atoms with Crippen molar-refractivity contribution in [3.63, 3.8) is 0 Å². The molecule has 0 aliphatic heterocycles. The van der Waals surface area contributed by atoms with E-state index in [4.69, 9.17) is 4.74 Å². The zero-order chi connectivity index (χ0) is 20.5. The summed E-state index contributed by atoms with van der Waals surface area (Å²) in [5, 5.41) is 9.41. The van der Waals surface area contributed by atoms with Crippen molar-refractivity contribution in [1.29, 1.82) is 0 Å². The van der Waals surface area contributed by atoms with Gasteiger partial charge in [0.05, 0.1) is 7.11 Å². The van der Waals surface area contributed by atoms with Crippen LogP contribution in [0.4, 0.5) is 0 Å². The Morgan fingerprint density at radius 2 is 1.96 bits per heavy atom. The third-order valence-corrected chi connectivity index (χ3v) is 5.27. The minimum atomic E-state index is -4.22. The molecule has 0 aliphatic carbocycles. The summed E-state index contributed by atoms with van der Waals surface area (Å²) in [5.41, 5.74) is 1.11. The summed E-state index contributed by atoms with van der Waals surface area (Å²) in [7, 11) is -2.74. The lowest BCUT2D eigenvalue weighted by molar-refractivity contribution is -0.137. The first kappa shape index (κ1) is 19.4. The van der Waals surface area contributed by atoms with Crippen molar-refractivity contribution in [2.24, 2.45) is 0 Å². The number of rotatable bonds is 6. The Morgan fingerprint density at radius 3 is 2.57 bits per heavy atom. The van der Waals surface area contributed by atoms with Gasteiger partial charge in [0, 0.05) is 17.1 Å². The molecule has 2 N–H and O–H groups in total. The van der Waals surface area contributed by atoms with Crippen molar-refractivity contribution in [2.45, 2.75) is 18.5 Å². The molecule has 28 heavy (non-hydrogen) atoms. The number of nitrogens with zero attached hydrogens (tertiary/aromatic N) is 2. The second kappa shape index (κ2) is 7.31. The number of ether oxygens (including phenoxy) is 1. The fourth-order valence-corrected chi connectivity index (χ4v) is 3.60. The monoisotopic (exact) mass is 403 g/mol. The van der Waals surface area contributed by atoms with Crippen LogP contribution in [0.3, 0.4) is 0 Å². The van der Waals surface area contributed by atoms with Crippen LogP contribution < -0.4 is 9.46 Å². The van der Waals surface area contributed by atoms with Gasteiger partial charge in [0.2, 0.25) is 0 Å². The first-order chi connectivity index (χ1) is 13.2. The molecule has 0 saturated heterocycles. The molecule has 1 amide bonds. The second-order valence-electron chi connectivity index (χ2n) is 6.04. The summed E-state index contributed by atoms with van der Waals surface area (Å²) in [6, 6.07) is 9.09. The van der Waals surface area contributed by atoms with Gasteiger partial charge in [-0.3, -0.25) is 9.59 Å². The van der Waals surface area contributed by atoms with Crippen molar-refractivity contribution in [1.82, 2.24) is 14.3 Å². The molecule has 9 nitrogen and oxygen atoms in total. The number of carboxylic acids is 1. The molecule has 2 aromatic heterocycles. The van der Waals surface area contributed by atoms with Crippen LogP contribution in [0.5, 0.6) is 5.75 Å². The van der Waals surface area contributed by atoms with Crippen molar-refractivity contribution >= 4 is 32.8 Å². The van der Waals surface area contributed by atoms with E-state index in [0.717, 1.165) is 5.56 Å². The highest BCUT2D eigenvalue weighted by Gasteiger charge is 2.24. The van der Waals surface area contributed by atoms with Crippen molar-refractivity contribution in [2.75, 3.05) is 7.11 Å². The van der Waals surface area contributed by atoms with E-state index in [1.54, 1.807) is 31.2 Å². The van der Waals surface area contributed by atoms with Crippen LogP contribution in [0.2, 0.25) is 0 Å². The van der Waals surface area contributed by atoms with E-state index >= 15 is 0 Å². The molecule has 0 spiro atoms. The lowest BCUT2D eigenvalue weighted by atomic mass is 10.2. The minimum absolute atomic E-state index is 0.110. The van der Waals surface area contributed by atoms with E-state index in [0.29, 0.717) is 16.7 Å². The second-order valence-corrected chi connectivity index (χ2v) is 7.67. The molecule has 146 valence electrons. The number of benzene rings is 1. The number of aliphatic carboxylic acids is 1. The third-order valence-electron chi connectivity index (χ3n) is 4.02. The maximum Gasteiger partial charge on any atom is 0.323 e. The number of aromatic nitrogens is 2. The highest BCUT2D eigenvalue weighted by Crippen LogP contribution is 2.25. The largest absolute Gasteiger partial charge is 0.497 e. The molecule has 0 aliphatic rings. The molecule has 10 heteroatoms. The van der Waals surface area contributed by atoms with Crippen molar-refractivity contribution in [3.05, 3.63) is 53.9 Å². The number of methoxy groups -OCH3 is 1. The van der Waals surface area contributed by atoms with Crippen molar-refractivity contribution in [3.8, 4) is 5.75 Å². The molecule has 3 rings (SSSR count). The lowest BCUT2D eigenvalue weighted by Crippen LogP contribution is -2.33. The zero-order valence-electron chi connectivity index (χ0n) is 15.0. The van der Waals surface area contributed by atoms with E-state index in [-0.39, 0.29) is 10.7 Å². The summed E-state index contributed by atoms with van der Waals surface area (Å²) in [4.78, 5) is 27.7. The van der Waals surface area contributed by atoms with E-state index < -0.39 is 28.4 Å². The molecule has 3 aromatic rings. The van der Waals surface area contributed by atoms with Gasteiger partial charge in [0.1, 0.15) is 18.0 Å². The van der Waals surface area contributed by atoms with E-state index in [1.807, 2.05) is 4.72 Å². The topological polar surface area (TPSA) is 128 Å². The molecule has 2 heterocycles. The number of hydrogen-bond donors (Lipinski definition) is 2. The maximum absolute atomic E-state index is 12.7. The summed E-state index contributed by atoms with van der Waals surface area (Å²) in [6.45, 7) is 1.24. The van der Waals surface area contributed by atoms with Crippen LogP contribution >= 0.6 is 0 Å². The minimum Gasteiger partial charge on any atom is -0.497 e. The van der Waals surface area contributed by atoms with Gasteiger partial charge in [-0.15, -0.1) is 0 Å². The van der Waals surface area contributed by atoms with Gasteiger partial charge in [-0.05, 0) is 42.8 Å². The van der Waals surface area contributed by atoms with Crippen LogP contribution in [0.15, 0.2) is 47.6 Å². The number of carboxylic acid groups (broad SMARTS) is 1. The Balaban J connectivity index is 2.02. The SMILES string of the molecule is COc1ccc2c(c1)cc(C(=O)NS(=O)(=O)c1ccc(C)cn1)n2CC(=O)O. The first-order valence-corrected chi connectivity index (χ1v) is 9.58. The third kappa shape index (κ3) is 3.81. The van der Waals surface area contributed by atoms with Gasteiger partial charge in [-0.2, -0.15) is 8.42 Å². The number of carbonyl (C=O) groups is 2. The summed E-state index contributed by atoms with van der Waals surface area (Å²) in [5.74, 6) is -1.62. The molecule has 0 radical (unpaired) electrons. The molecular weight excluding hydrogens is 386 g/mol. The predicted octanol–water partition coefficient (Wildman–Crippen LogP) is 1.56. The smallest absolute Gasteiger partial charge is 0.323 e. The van der Waals surface area contributed by atoms with Crippen molar-refractivity contribution < 1.29 is 27.9 Å². The van der Waals surface area contributed by atoms with Crippen LogP contribution in [0, 0.1) is 6.92 Å². The highest BCUT2D eigenvalue weighted by atomic mass is 32.2. The Labute approximate surface area is 160 Å². The summed E-state index contributed by atoms with van der Waals surface area (Å²) >= 11 is 0. The van der Waals surface area contributed by atoms with Gasteiger partial charge in [-0.25, -0.2) is 9.71 Å². The van der Waals surface area contributed by atoms with Gasteiger partial charge in [0.25, 0.3) is 15.9 Å². The number of hydrogen-bond acceptors (Lipinski definition) is 6. The molecule has 0 bridgehead atoms. The number of pyridine rings is 1. The number of fused-ring (bicyclic) bond motifs is 1. The van der Waals surface area contributed by atoms with Gasteiger partial charge < -0.3 is 14.4 Å². The Kier molecular flexibility index (Phi) is 5.06. The van der Waals surface area contributed by atoms with Crippen LogP contribution in [-0.4, -0.2) is 42.1 Å². The van der Waals surface area contributed by atoms with Gasteiger partial charge in [0.15, 0.2) is 5.03 Å². The fraction of sp³-hybridized carbons (Fsp3) is 0.167. The van der Waals surface area contributed by atoms with Gasteiger partial charge in [-0.1, -0.05) is 6.07 Å². The normalized spacial score (nSPS) is 11.4.